The Morgan fingerprint density at radius 1 is 1.06 bits per heavy atom. The van der Waals surface area contributed by atoms with Crippen LogP contribution in [0.5, 0.6) is 0 Å². The number of fused-ring (bicyclic) bond motifs is 1. The van der Waals surface area contributed by atoms with Crippen molar-refractivity contribution in [1.29, 1.82) is 0 Å². The van der Waals surface area contributed by atoms with Gasteiger partial charge in [0, 0.05) is 34.9 Å². The van der Waals surface area contributed by atoms with Gasteiger partial charge in [-0.25, -0.2) is 19.3 Å². The van der Waals surface area contributed by atoms with Crippen LogP contribution in [0.25, 0.3) is 22.3 Å². The third kappa shape index (κ3) is 3.82. The smallest absolute Gasteiger partial charge is 0.251 e. The van der Waals surface area contributed by atoms with Gasteiger partial charge in [0.05, 0.1) is 40.6 Å². The Bertz CT molecular complexity index is 1680. The first-order chi connectivity index (χ1) is 16.8. The molecule has 0 fully saturated rings. The highest BCUT2D eigenvalue weighted by Crippen LogP contribution is 2.40. The molecule has 1 atom stereocenters. The van der Waals surface area contributed by atoms with Crippen LogP contribution in [0, 0.1) is 15.9 Å². The maximum Gasteiger partial charge on any atom is 0.251 e. The molecular weight excluding hydrogens is 556 g/mol. The molecule has 0 bridgehead atoms. The van der Waals surface area contributed by atoms with E-state index in [1.54, 1.807) is 67.5 Å². The molecule has 0 amide bonds. The normalized spacial score (nSPS) is 12.9. The summed E-state index contributed by atoms with van der Waals surface area (Å²) in [5.74, 6) is 2.51. The van der Waals surface area contributed by atoms with E-state index in [1.165, 1.54) is 16.8 Å². The Labute approximate surface area is 214 Å². The molecule has 0 N–H and O–H groups in total. The Morgan fingerprint density at radius 2 is 1.83 bits per heavy atom. The van der Waals surface area contributed by atoms with Gasteiger partial charge in [-0.3, -0.25) is 4.79 Å². The quantitative estimate of drug-likeness (QED) is 0.233. The van der Waals surface area contributed by atoms with Crippen LogP contribution in [0.3, 0.4) is 0 Å². The lowest BCUT2D eigenvalue weighted by atomic mass is 9.88. The molecule has 0 saturated carbocycles. The van der Waals surface area contributed by atoms with Gasteiger partial charge in [-0.15, -0.1) is 6.42 Å². The monoisotopic (exact) mass is 575 g/mol. The SMILES string of the molecule is C#Cc1cccc(-c2cc(=O)n(C)c3ccc([C@](F)(c4ccc(I)cc4)c4cncn4C)nc23)n1. The Kier molecular flexibility index (Phi) is 5.73. The second-order valence-corrected chi connectivity index (χ2v) is 9.37. The van der Waals surface area contributed by atoms with Gasteiger partial charge in [0.25, 0.3) is 5.56 Å². The maximum absolute atomic E-state index is 17.3. The standard InChI is InChI=1S/C27H19FIN5O/c1-4-19-6-5-7-21(31-19)20-14-25(35)34(3)22-12-13-23(32-26(20)22)27(28,24-15-30-16-33(24)2)17-8-10-18(29)11-9-17/h1,5-16H,2-3H3/t27-/m1/s1. The van der Waals surface area contributed by atoms with Crippen molar-refractivity contribution in [2.45, 2.75) is 5.67 Å². The minimum Gasteiger partial charge on any atom is -0.334 e. The van der Waals surface area contributed by atoms with Crippen LogP contribution in [-0.4, -0.2) is 24.1 Å². The number of alkyl halides is 1. The van der Waals surface area contributed by atoms with E-state index in [2.05, 4.69) is 38.5 Å². The van der Waals surface area contributed by atoms with Gasteiger partial charge in [0.15, 0.2) is 0 Å². The van der Waals surface area contributed by atoms with Gasteiger partial charge in [0.1, 0.15) is 5.69 Å². The topological polar surface area (TPSA) is 65.6 Å². The molecule has 5 aromatic rings. The van der Waals surface area contributed by atoms with E-state index >= 15 is 4.39 Å². The highest BCUT2D eigenvalue weighted by atomic mass is 127. The molecule has 0 aliphatic rings. The summed E-state index contributed by atoms with van der Waals surface area (Å²) < 4.78 is 21.5. The molecule has 0 aliphatic heterocycles. The number of terminal acetylenes is 1. The third-order valence-electron chi connectivity index (χ3n) is 6.03. The fourth-order valence-electron chi connectivity index (χ4n) is 4.18. The van der Waals surface area contributed by atoms with Gasteiger partial charge in [-0.05, 0) is 59.0 Å². The van der Waals surface area contributed by atoms with Crippen LogP contribution in [0.4, 0.5) is 4.39 Å². The van der Waals surface area contributed by atoms with Gasteiger partial charge in [-0.1, -0.05) is 24.1 Å². The maximum atomic E-state index is 17.3. The summed E-state index contributed by atoms with van der Waals surface area (Å²) >= 11 is 2.19. The van der Waals surface area contributed by atoms with Crippen molar-refractivity contribution in [3.63, 3.8) is 0 Å². The van der Waals surface area contributed by atoms with Crippen LogP contribution in [0.1, 0.15) is 22.6 Å². The zero-order chi connectivity index (χ0) is 24.7. The molecular formula is C27H19FIN5O. The summed E-state index contributed by atoms with van der Waals surface area (Å²) in [6.45, 7) is 0. The van der Waals surface area contributed by atoms with Gasteiger partial charge in [0.2, 0.25) is 5.67 Å². The molecule has 172 valence electrons. The lowest BCUT2D eigenvalue weighted by Gasteiger charge is -2.26. The second kappa shape index (κ2) is 8.74. The number of imidazole rings is 1. The average Bonchev–Trinajstić information content (AvgIpc) is 3.32. The predicted octanol–water partition coefficient (Wildman–Crippen LogP) is 4.58. The van der Waals surface area contributed by atoms with Crippen LogP contribution >= 0.6 is 22.6 Å². The van der Waals surface area contributed by atoms with Crippen LogP contribution in [0.2, 0.25) is 0 Å². The molecule has 0 spiro atoms. The molecule has 0 radical (unpaired) electrons. The molecule has 5 rings (SSSR count). The average molecular weight is 575 g/mol. The van der Waals surface area contributed by atoms with Crippen molar-refractivity contribution in [2.24, 2.45) is 14.1 Å². The van der Waals surface area contributed by atoms with Crippen molar-refractivity contribution in [1.82, 2.24) is 24.1 Å². The van der Waals surface area contributed by atoms with E-state index in [-0.39, 0.29) is 11.3 Å². The van der Waals surface area contributed by atoms with Crippen molar-refractivity contribution >= 4 is 33.6 Å². The zero-order valence-electron chi connectivity index (χ0n) is 18.9. The van der Waals surface area contributed by atoms with E-state index in [0.717, 1.165) is 3.57 Å². The summed E-state index contributed by atoms with van der Waals surface area (Å²) in [6, 6.07) is 17.2. The van der Waals surface area contributed by atoms with E-state index in [1.807, 2.05) is 12.1 Å². The number of aromatic nitrogens is 5. The minimum absolute atomic E-state index is 0.169. The molecule has 0 unspecified atom stereocenters. The Morgan fingerprint density at radius 3 is 2.51 bits per heavy atom. The number of nitrogens with zero attached hydrogens (tertiary/aromatic N) is 5. The number of hydrogen-bond acceptors (Lipinski definition) is 4. The van der Waals surface area contributed by atoms with Crippen LogP contribution in [0.15, 0.2) is 78.0 Å². The highest BCUT2D eigenvalue weighted by molar-refractivity contribution is 14.1. The zero-order valence-corrected chi connectivity index (χ0v) is 21.1. The van der Waals surface area contributed by atoms with E-state index in [4.69, 9.17) is 11.4 Å². The Balaban J connectivity index is 1.84. The summed E-state index contributed by atoms with van der Waals surface area (Å²) in [7, 11) is 3.40. The third-order valence-corrected chi connectivity index (χ3v) is 6.75. The molecule has 35 heavy (non-hydrogen) atoms. The molecule has 4 aromatic heterocycles. The van der Waals surface area contributed by atoms with Crippen molar-refractivity contribution in [3.8, 4) is 23.6 Å². The number of aryl methyl sites for hydroxylation is 2. The summed E-state index contributed by atoms with van der Waals surface area (Å²) in [6.07, 6.45) is 8.60. The molecule has 0 aliphatic carbocycles. The first-order valence-electron chi connectivity index (χ1n) is 10.7. The lowest BCUT2D eigenvalue weighted by Crippen LogP contribution is -2.28. The molecule has 0 saturated heterocycles. The number of hydrogen-bond donors (Lipinski definition) is 0. The lowest BCUT2D eigenvalue weighted by molar-refractivity contribution is 0.260. The largest absolute Gasteiger partial charge is 0.334 e. The molecule has 4 heterocycles. The summed E-state index contributed by atoms with van der Waals surface area (Å²) in [4.78, 5) is 26.2. The van der Waals surface area contributed by atoms with E-state index < -0.39 is 5.67 Å². The number of rotatable bonds is 4. The summed E-state index contributed by atoms with van der Waals surface area (Å²) in [5, 5.41) is 0. The molecule has 6 nitrogen and oxygen atoms in total. The van der Waals surface area contributed by atoms with E-state index in [0.29, 0.717) is 39.2 Å². The summed E-state index contributed by atoms with van der Waals surface area (Å²) in [5.41, 5.74) is 1.01. The van der Waals surface area contributed by atoms with Crippen molar-refractivity contribution < 1.29 is 4.39 Å². The highest BCUT2D eigenvalue weighted by Gasteiger charge is 2.41. The van der Waals surface area contributed by atoms with Crippen LogP contribution in [-0.2, 0) is 19.8 Å². The first-order valence-corrected chi connectivity index (χ1v) is 11.8. The number of pyridine rings is 3. The molecule has 1 aromatic carbocycles. The van der Waals surface area contributed by atoms with Gasteiger partial charge < -0.3 is 9.13 Å². The van der Waals surface area contributed by atoms with Crippen LogP contribution < -0.4 is 5.56 Å². The van der Waals surface area contributed by atoms with E-state index in [9.17, 15) is 4.79 Å². The number of benzene rings is 1. The molecule has 8 heteroatoms. The van der Waals surface area contributed by atoms with Crippen molar-refractivity contribution in [3.05, 3.63) is 110 Å². The minimum atomic E-state index is -2.09. The first kappa shape index (κ1) is 22.9. The van der Waals surface area contributed by atoms with Crippen molar-refractivity contribution in [2.75, 3.05) is 0 Å². The predicted molar refractivity (Wildman–Crippen MR) is 142 cm³/mol. The number of halogens is 2. The fraction of sp³-hybridized carbons (Fsp3) is 0.111. The van der Waals surface area contributed by atoms with Gasteiger partial charge >= 0.3 is 0 Å². The fourth-order valence-corrected chi connectivity index (χ4v) is 4.54. The van der Waals surface area contributed by atoms with Gasteiger partial charge in [-0.2, -0.15) is 0 Å². The Hall–Kier alpha value is -3.84. The second-order valence-electron chi connectivity index (χ2n) is 8.13.